The van der Waals surface area contributed by atoms with E-state index in [0.717, 1.165) is 29.3 Å². The van der Waals surface area contributed by atoms with Crippen LogP contribution in [0.4, 0.5) is 0 Å². The number of aryl methyl sites for hydroxylation is 2. The van der Waals surface area contributed by atoms with E-state index < -0.39 is 0 Å². The molecule has 0 fully saturated rings. The predicted molar refractivity (Wildman–Crippen MR) is 66.3 cm³/mol. The van der Waals surface area contributed by atoms with E-state index in [1.165, 1.54) is 5.56 Å². The Kier molecular flexibility index (Phi) is 4.02. The number of hydrogen-bond acceptors (Lipinski definition) is 4. The van der Waals surface area contributed by atoms with Crippen molar-refractivity contribution >= 4 is 11.3 Å². The van der Waals surface area contributed by atoms with Crippen LogP contribution in [0, 0.1) is 0 Å². The summed E-state index contributed by atoms with van der Waals surface area (Å²) in [5, 5.41) is 10.1. The Morgan fingerprint density at radius 2 is 1.75 bits per heavy atom. The first-order valence-electron chi connectivity index (χ1n) is 5.44. The normalized spacial score (nSPS) is 10.6. The largest absolute Gasteiger partial charge is 0.324 e. The Labute approximate surface area is 99.3 Å². The molecule has 0 saturated carbocycles. The van der Waals surface area contributed by atoms with Crippen LogP contribution in [0.3, 0.4) is 0 Å². The maximum atomic E-state index is 5.49. The van der Waals surface area contributed by atoms with Crippen LogP contribution in [-0.2, 0) is 19.4 Å². The average Bonchev–Trinajstić information content (AvgIpc) is 2.78. The molecule has 4 heteroatoms. The first-order chi connectivity index (χ1) is 7.88. The van der Waals surface area contributed by atoms with Crippen molar-refractivity contribution in [2.75, 3.05) is 0 Å². The van der Waals surface area contributed by atoms with Crippen LogP contribution in [0.2, 0.25) is 0 Å². The highest BCUT2D eigenvalue weighted by Crippen LogP contribution is 2.12. The highest BCUT2D eigenvalue weighted by Gasteiger charge is 2.02. The third-order valence-corrected chi connectivity index (χ3v) is 3.39. The van der Waals surface area contributed by atoms with Gasteiger partial charge in [0.15, 0.2) is 0 Å². The molecule has 0 aliphatic heterocycles. The molecule has 0 amide bonds. The molecule has 1 aromatic heterocycles. The molecule has 0 aliphatic carbocycles. The highest BCUT2D eigenvalue weighted by atomic mass is 32.1. The van der Waals surface area contributed by atoms with Gasteiger partial charge in [-0.2, -0.15) is 0 Å². The number of aromatic nitrogens is 2. The smallest absolute Gasteiger partial charge is 0.131 e. The highest BCUT2D eigenvalue weighted by molar-refractivity contribution is 7.11. The minimum atomic E-state index is 0.496. The van der Waals surface area contributed by atoms with Gasteiger partial charge in [-0.25, -0.2) is 0 Å². The molecule has 0 bridgehead atoms. The second-order valence-electron chi connectivity index (χ2n) is 3.63. The number of benzene rings is 1. The van der Waals surface area contributed by atoms with Gasteiger partial charge in [0.2, 0.25) is 0 Å². The summed E-state index contributed by atoms with van der Waals surface area (Å²) in [4.78, 5) is 0. The van der Waals surface area contributed by atoms with E-state index in [-0.39, 0.29) is 0 Å². The molecule has 0 atom stereocenters. The number of nitrogens with two attached hydrogens (primary N) is 1. The lowest BCUT2D eigenvalue weighted by molar-refractivity contribution is 0.798. The van der Waals surface area contributed by atoms with E-state index in [0.29, 0.717) is 6.54 Å². The maximum Gasteiger partial charge on any atom is 0.131 e. The van der Waals surface area contributed by atoms with E-state index in [4.69, 9.17) is 5.73 Å². The summed E-state index contributed by atoms with van der Waals surface area (Å²) in [6.45, 7) is 0.496. The minimum absolute atomic E-state index is 0.496. The number of nitrogens with zero attached hydrogens (tertiary/aromatic N) is 2. The molecular formula is C12H15N3S. The third kappa shape index (κ3) is 3.12. The zero-order valence-electron chi connectivity index (χ0n) is 9.10. The van der Waals surface area contributed by atoms with Gasteiger partial charge in [0.05, 0.1) is 0 Å². The fourth-order valence-corrected chi connectivity index (χ4v) is 2.33. The summed E-state index contributed by atoms with van der Waals surface area (Å²) >= 11 is 1.62. The van der Waals surface area contributed by atoms with Gasteiger partial charge in [0.1, 0.15) is 10.0 Å². The van der Waals surface area contributed by atoms with Gasteiger partial charge in [0.25, 0.3) is 0 Å². The Morgan fingerprint density at radius 3 is 2.44 bits per heavy atom. The van der Waals surface area contributed by atoms with Gasteiger partial charge in [0, 0.05) is 13.0 Å². The van der Waals surface area contributed by atoms with Crippen molar-refractivity contribution in [2.45, 2.75) is 25.8 Å². The van der Waals surface area contributed by atoms with Gasteiger partial charge < -0.3 is 5.73 Å². The topological polar surface area (TPSA) is 51.8 Å². The Morgan fingerprint density at radius 1 is 1.00 bits per heavy atom. The Bertz CT molecular complexity index is 425. The molecule has 1 aromatic carbocycles. The second kappa shape index (κ2) is 5.72. The first kappa shape index (κ1) is 11.2. The van der Waals surface area contributed by atoms with Crippen molar-refractivity contribution in [3.63, 3.8) is 0 Å². The molecular weight excluding hydrogens is 218 g/mol. The molecule has 84 valence electrons. The monoisotopic (exact) mass is 233 g/mol. The molecule has 2 rings (SSSR count). The van der Waals surface area contributed by atoms with E-state index in [1.807, 2.05) is 6.07 Å². The van der Waals surface area contributed by atoms with Gasteiger partial charge in [-0.15, -0.1) is 21.5 Å². The zero-order valence-corrected chi connectivity index (χ0v) is 9.91. The lowest BCUT2D eigenvalue weighted by Gasteiger charge is -1.98. The fourth-order valence-electron chi connectivity index (χ4n) is 1.56. The predicted octanol–water partition coefficient (Wildman–Crippen LogP) is 2.17. The van der Waals surface area contributed by atoms with Crippen molar-refractivity contribution in [1.29, 1.82) is 0 Å². The molecule has 0 aliphatic rings. The summed E-state index contributed by atoms with van der Waals surface area (Å²) in [6, 6.07) is 10.5. The zero-order chi connectivity index (χ0) is 11.2. The summed E-state index contributed by atoms with van der Waals surface area (Å²) in [7, 11) is 0. The van der Waals surface area contributed by atoms with E-state index in [1.54, 1.807) is 11.3 Å². The minimum Gasteiger partial charge on any atom is -0.324 e. The van der Waals surface area contributed by atoms with E-state index >= 15 is 0 Å². The molecule has 0 unspecified atom stereocenters. The Hall–Kier alpha value is -1.26. The van der Waals surface area contributed by atoms with Crippen LogP contribution >= 0.6 is 11.3 Å². The van der Waals surface area contributed by atoms with Crippen molar-refractivity contribution in [3.8, 4) is 0 Å². The van der Waals surface area contributed by atoms with Crippen molar-refractivity contribution < 1.29 is 0 Å². The molecule has 2 aromatic rings. The molecule has 0 saturated heterocycles. The SMILES string of the molecule is NCc1nnc(CCCc2ccccc2)s1. The molecule has 2 N–H and O–H groups in total. The van der Waals surface area contributed by atoms with Crippen molar-refractivity contribution in [2.24, 2.45) is 5.73 Å². The standard InChI is InChI=1S/C12H15N3S/c13-9-12-15-14-11(16-12)8-4-7-10-5-2-1-3-6-10/h1-3,5-6H,4,7-9,13H2. The maximum absolute atomic E-state index is 5.49. The lowest BCUT2D eigenvalue weighted by Crippen LogP contribution is -1.94. The van der Waals surface area contributed by atoms with Gasteiger partial charge >= 0.3 is 0 Å². The number of hydrogen-bond donors (Lipinski definition) is 1. The van der Waals surface area contributed by atoms with Crippen LogP contribution in [-0.4, -0.2) is 10.2 Å². The summed E-state index contributed by atoms with van der Waals surface area (Å²) in [5.74, 6) is 0. The molecule has 16 heavy (non-hydrogen) atoms. The molecule has 1 heterocycles. The molecule has 3 nitrogen and oxygen atoms in total. The van der Waals surface area contributed by atoms with E-state index in [2.05, 4.69) is 34.5 Å². The van der Waals surface area contributed by atoms with Gasteiger partial charge in [-0.1, -0.05) is 30.3 Å². The average molecular weight is 233 g/mol. The fraction of sp³-hybridized carbons (Fsp3) is 0.333. The van der Waals surface area contributed by atoms with Gasteiger partial charge in [-0.3, -0.25) is 0 Å². The van der Waals surface area contributed by atoms with Crippen molar-refractivity contribution in [1.82, 2.24) is 10.2 Å². The molecule has 0 radical (unpaired) electrons. The van der Waals surface area contributed by atoms with Crippen LogP contribution in [0.15, 0.2) is 30.3 Å². The summed E-state index contributed by atoms with van der Waals surface area (Å²) < 4.78 is 0. The number of rotatable bonds is 5. The lowest BCUT2D eigenvalue weighted by atomic mass is 10.1. The third-order valence-electron chi connectivity index (χ3n) is 2.38. The van der Waals surface area contributed by atoms with Gasteiger partial charge in [-0.05, 0) is 18.4 Å². The van der Waals surface area contributed by atoms with Crippen LogP contribution in [0.25, 0.3) is 0 Å². The second-order valence-corrected chi connectivity index (χ2v) is 4.78. The van der Waals surface area contributed by atoms with Crippen LogP contribution in [0.1, 0.15) is 22.0 Å². The van der Waals surface area contributed by atoms with E-state index in [9.17, 15) is 0 Å². The van der Waals surface area contributed by atoms with Crippen molar-refractivity contribution in [3.05, 3.63) is 45.9 Å². The Balaban J connectivity index is 1.80. The quantitative estimate of drug-likeness (QED) is 0.861. The summed E-state index contributed by atoms with van der Waals surface area (Å²) in [5.41, 5.74) is 6.87. The first-order valence-corrected chi connectivity index (χ1v) is 6.25. The van der Waals surface area contributed by atoms with Crippen LogP contribution in [0.5, 0.6) is 0 Å². The summed E-state index contributed by atoms with van der Waals surface area (Å²) in [6.07, 6.45) is 3.20. The molecule has 0 spiro atoms. The van der Waals surface area contributed by atoms with Crippen LogP contribution < -0.4 is 5.73 Å².